The predicted molar refractivity (Wildman–Crippen MR) is 113 cm³/mol. The Morgan fingerprint density at radius 1 is 1.00 bits per heavy atom. The lowest BCUT2D eigenvalue weighted by molar-refractivity contribution is -0.116. The molecule has 4 heterocycles. The Kier molecular flexibility index (Phi) is 4.03. The summed E-state index contributed by atoms with van der Waals surface area (Å²) in [5.41, 5.74) is 1.07. The van der Waals surface area contributed by atoms with Crippen molar-refractivity contribution in [3.8, 4) is 22.8 Å². The van der Waals surface area contributed by atoms with Crippen LogP contribution >= 0.6 is 11.8 Å². The molecule has 0 spiro atoms. The van der Waals surface area contributed by atoms with Crippen molar-refractivity contribution in [2.45, 2.75) is 5.37 Å². The number of rotatable bonds is 3. The van der Waals surface area contributed by atoms with Gasteiger partial charge >= 0.3 is 11.6 Å². The Hall–Kier alpha value is -3.72. The molecule has 1 atom stereocenters. The van der Waals surface area contributed by atoms with Crippen molar-refractivity contribution in [3.05, 3.63) is 70.7 Å². The molecule has 2 aliphatic heterocycles. The quantitative estimate of drug-likeness (QED) is 0.447. The summed E-state index contributed by atoms with van der Waals surface area (Å²) in [5.74, 6) is 1.70. The zero-order chi connectivity index (χ0) is 20.9. The molecule has 2 aromatic carbocycles. The van der Waals surface area contributed by atoms with Gasteiger partial charge in [0.15, 0.2) is 17.3 Å². The third kappa shape index (κ3) is 2.97. The number of hydrogen-bond donors (Lipinski definition) is 0. The van der Waals surface area contributed by atoms with E-state index < -0.39 is 5.63 Å². The highest BCUT2D eigenvalue weighted by Gasteiger charge is 2.38. The van der Waals surface area contributed by atoms with Crippen molar-refractivity contribution in [2.75, 3.05) is 17.4 Å². The van der Waals surface area contributed by atoms with Crippen LogP contribution in [0.25, 0.3) is 22.3 Å². The number of fused-ring (bicyclic) bond motifs is 2. The van der Waals surface area contributed by atoms with Gasteiger partial charge in [0, 0.05) is 5.39 Å². The molecule has 6 rings (SSSR count). The Labute approximate surface area is 179 Å². The lowest BCUT2D eigenvalue weighted by Crippen LogP contribution is -2.28. The molecule has 4 aromatic rings. The molecule has 0 radical (unpaired) electrons. The summed E-state index contributed by atoms with van der Waals surface area (Å²) in [6.45, 7) is 0.177. The number of oxazole rings is 1. The number of benzene rings is 2. The van der Waals surface area contributed by atoms with E-state index in [1.807, 2.05) is 30.3 Å². The molecule has 1 unspecified atom stereocenters. The third-order valence-electron chi connectivity index (χ3n) is 5.16. The highest BCUT2D eigenvalue weighted by molar-refractivity contribution is 8.00. The Bertz CT molecular complexity index is 1390. The fourth-order valence-corrected chi connectivity index (χ4v) is 4.81. The minimum absolute atomic E-state index is 0.125. The number of para-hydroxylation sites is 1. The minimum atomic E-state index is -0.532. The molecule has 31 heavy (non-hydrogen) atoms. The number of aromatic nitrogens is 1. The van der Waals surface area contributed by atoms with Crippen molar-refractivity contribution in [1.82, 2.24) is 4.98 Å². The SMILES string of the molecule is O=C1CSC(c2ccc3c(c2)OCO3)N1c1ncc(-c2cc3ccccc3oc2=O)o1. The van der Waals surface area contributed by atoms with Gasteiger partial charge in [-0.05, 0) is 29.8 Å². The van der Waals surface area contributed by atoms with Gasteiger partial charge in [-0.25, -0.2) is 14.7 Å². The van der Waals surface area contributed by atoms with Crippen LogP contribution in [0.4, 0.5) is 6.01 Å². The molecule has 9 heteroatoms. The van der Waals surface area contributed by atoms with E-state index in [0.29, 0.717) is 17.1 Å². The van der Waals surface area contributed by atoms with Crippen LogP contribution in [-0.2, 0) is 4.79 Å². The number of carbonyl (C=O) groups excluding carboxylic acids is 1. The smallest absolute Gasteiger partial charge is 0.347 e. The van der Waals surface area contributed by atoms with Gasteiger partial charge in [-0.2, -0.15) is 0 Å². The van der Waals surface area contributed by atoms with Crippen LogP contribution in [-0.4, -0.2) is 23.4 Å². The zero-order valence-electron chi connectivity index (χ0n) is 15.9. The molecule has 0 bridgehead atoms. The maximum atomic E-state index is 12.6. The van der Waals surface area contributed by atoms with E-state index in [9.17, 15) is 9.59 Å². The molecular weight excluding hydrogens is 420 g/mol. The Balaban J connectivity index is 1.38. The molecule has 1 saturated heterocycles. The van der Waals surface area contributed by atoms with E-state index in [2.05, 4.69) is 4.98 Å². The normalized spacial score (nSPS) is 17.6. The summed E-state index contributed by atoms with van der Waals surface area (Å²) in [4.78, 5) is 30.9. The first-order valence-electron chi connectivity index (χ1n) is 9.50. The largest absolute Gasteiger partial charge is 0.454 e. The van der Waals surface area contributed by atoms with Gasteiger partial charge in [-0.1, -0.05) is 24.3 Å². The summed E-state index contributed by atoms with van der Waals surface area (Å²) in [6.07, 6.45) is 1.43. The van der Waals surface area contributed by atoms with Crippen LogP contribution in [0.5, 0.6) is 11.5 Å². The van der Waals surface area contributed by atoms with Gasteiger partial charge < -0.3 is 18.3 Å². The van der Waals surface area contributed by atoms with E-state index in [0.717, 1.165) is 10.9 Å². The molecule has 8 nitrogen and oxygen atoms in total. The van der Waals surface area contributed by atoms with Gasteiger partial charge in [-0.15, -0.1) is 11.8 Å². The van der Waals surface area contributed by atoms with Gasteiger partial charge in [0.05, 0.1) is 11.9 Å². The second-order valence-electron chi connectivity index (χ2n) is 7.03. The highest BCUT2D eigenvalue weighted by atomic mass is 32.2. The maximum absolute atomic E-state index is 12.6. The average Bonchev–Trinajstić information content (AvgIpc) is 3.52. The molecular formula is C22H14N2O6S. The van der Waals surface area contributed by atoms with Crippen molar-refractivity contribution < 1.29 is 23.1 Å². The third-order valence-corrected chi connectivity index (χ3v) is 6.37. The molecule has 2 aliphatic rings. The van der Waals surface area contributed by atoms with Crippen LogP contribution < -0.4 is 20.0 Å². The summed E-state index contributed by atoms with van der Waals surface area (Å²) in [7, 11) is 0. The number of nitrogens with zero attached hydrogens (tertiary/aromatic N) is 2. The average molecular weight is 434 g/mol. The van der Waals surface area contributed by atoms with Crippen molar-refractivity contribution in [2.24, 2.45) is 0 Å². The van der Waals surface area contributed by atoms with Crippen molar-refractivity contribution >= 4 is 34.7 Å². The number of anilines is 1. The summed E-state index contributed by atoms with van der Waals surface area (Å²) in [5, 5.41) is 0.433. The fraction of sp³-hybridized carbons (Fsp3) is 0.136. The predicted octanol–water partition coefficient (Wildman–Crippen LogP) is 3.96. The molecule has 0 saturated carbocycles. The summed E-state index contributed by atoms with van der Waals surface area (Å²) >= 11 is 1.46. The van der Waals surface area contributed by atoms with Crippen LogP contribution in [0.15, 0.2) is 68.4 Å². The van der Waals surface area contributed by atoms with Crippen molar-refractivity contribution in [3.63, 3.8) is 0 Å². The molecule has 154 valence electrons. The number of amides is 1. The van der Waals surface area contributed by atoms with Gasteiger partial charge in [0.2, 0.25) is 12.7 Å². The monoisotopic (exact) mass is 434 g/mol. The summed E-state index contributed by atoms with van der Waals surface area (Å²) < 4.78 is 22.1. The number of hydrogen-bond acceptors (Lipinski definition) is 8. The van der Waals surface area contributed by atoms with Crippen molar-refractivity contribution in [1.29, 1.82) is 0 Å². The Morgan fingerprint density at radius 2 is 1.87 bits per heavy atom. The molecule has 1 amide bonds. The minimum Gasteiger partial charge on any atom is -0.454 e. The van der Waals surface area contributed by atoms with Gasteiger partial charge in [0.25, 0.3) is 0 Å². The zero-order valence-corrected chi connectivity index (χ0v) is 16.8. The van der Waals surface area contributed by atoms with Gasteiger partial charge in [0.1, 0.15) is 16.5 Å². The molecule has 0 N–H and O–H groups in total. The van der Waals surface area contributed by atoms with E-state index in [1.54, 1.807) is 18.2 Å². The molecule has 2 aromatic heterocycles. The highest BCUT2D eigenvalue weighted by Crippen LogP contribution is 2.44. The topological polar surface area (TPSA) is 95.0 Å². The number of ether oxygens (including phenoxy) is 2. The van der Waals surface area contributed by atoms with E-state index >= 15 is 0 Å². The lowest BCUT2D eigenvalue weighted by Gasteiger charge is -2.20. The van der Waals surface area contributed by atoms with Crippen LogP contribution in [0.3, 0.4) is 0 Å². The first-order valence-corrected chi connectivity index (χ1v) is 10.5. The standard InChI is InChI=1S/C22H14N2O6S/c25-19-10-31-20(13-5-6-16-17(8-13)28-11-27-16)24(19)22-23-9-18(30-22)14-7-12-3-1-2-4-15(12)29-21(14)26/h1-9,20H,10-11H2. The molecule has 1 fully saturated rings. The van der Waals surface area contributed by atoms with Gasteiger partial charge in [-0.3, -0.25) is 4.79 Å². The van der Waals surface area contributed by atoms with E-state index in [1.165, 1.54) is 22.9 Å². The van der Waals surface area contributed by atoms with E-state index in [-0.39, 0.29) is 41.2 Å². The van der Waals surface area contributed by atoms with E-state index in [4.69, 9.17) is 18.3 Å². The number of carbonyl (C=O) groups is 1. The molecule has 0 aliphatic carbocycles. The fourth-order valence-electron chi connectivity index (χ4n) is 3.68. The lowest BCUT2D eigenvalue weighted by atomic mass is 10.1. The summed E-state index contributed by atoms with van der Waals surface area (Å²) in [6, 6.07) is 14.6. The second kappa shape index (κ2) is 6.92. The first kappa shape index (κ1) is 18.1. The van der Waals surface area contributed by atoms with Crippen LogP contribution in [0.2, 0.25) is 0 Å². The Morgan fingerprint density at radius 3 is 2.81 bits per heavy atom. The first-order chi connectivity index (χ1) is 15.2. The van der Waals surface area contributed by atoms with Crippen LogP contribution in [0, 0.1) is 0 Å². The maximum Gasteiger partial charge on any atom is 0.347 e. The number of thioether (sulfide) groups is 1. The second-order valence-corrected chi connectivity index (χ2v) is 8.10. The van der Waals surface area contributed by atoms with Crippen LogP contribution in [0.1, 0.15) is 10.9 Å².